The summed E-state index contributed by atoms with van der Waals surface area (Å²) in [6.45, 7) is 2.78. The fourth-order valence-electron chi connectivity index (χ4n) is 4.48. The lowest BCUT2D eigenvalue weighted by atomic mass is 10.1. The van der Waals surface area contributed by atoms with Gasteiger partial charge in [0.05, 0.1) is 23.8 Å². The first-order valence-corrected chi connectivity index (χ1v) is 10.4. The standard InChI is InChI=1S/C23H21N5O2/c29-23-18-6-4-16(27-10-2-1-3-11-27)12-15(18)14-28(23)17-5-7-19-20(13-17)26-22(25-19)21-8-9-24-30-21/h4-9,12-13H,1-3,10-11,14H2,(H,25,26). The maximum atomic E-state index is 13.1. The fraction of sp³-hybridized carbons (Fsp3) is 0.261. The SMILES string of the molecule is O=C1c2ccc(N3CCCCC3)cc2CN1c1ccc2nc(-c3ccno3)[nH]c2c1. The number of fused-ring (bicyclic) bond motifs is 2. The number of aromatic amines is 1. The van der Waals surface area contributed by atoms with E-state index in [-0.39, 0.29) is 5.91 Å². The van der Waals surface area contributed by atoms with Crippen LogP contribution >= 0.6 is 0 Å². The number of hydrogen-bond donors (Lipinski definition) is 1. The molecule has 1 fully saturated rings. The first-order valence-electron chi connectivity index (χ1n) is 10.4. The molecule has 0 aliphatic carbocycles. The Labute approximate surface area is 173 Å². The summed E-state index contributed by atoms with van der Waals surface area (Å²) in [7, 11) is 0. The topological polar surface area (TPSA) is 78.3 Å². The molecule has 1 saturated heterocycles. The molecule has 7 heteroatoms. The molecule has 2 aromatic carbocycles. The quantitative estimate of drug-likeness (QED) is 0.553. The van der Waals surface area contributed by atoms with E-state index in [1.807, 2.05) is 29.2 Å². The summed E-state index contributed by atoms with van der Waals surface area (Å²) in [6, 6.07) is 13.9. The Morgan fingerprint density at radius 3 is 2.67 bits per heavy atom. The van der Waals surface area contributed by atoms with Gasteiger partial charge in [-0.1, -0.05) is 5.16 Å². The van der Waals surface area contributed by atoms with Gasteiger partial charge in [-0.05, 0) is 61.2 Å². The molecule has 1 N–H and O–H groups in total. The molecule has 4 heterocycles. The smallest absolute Gasteiger partial charge is 0.258 e. The lowest BCUT2D eigenvalue weighted by Gasteiger charge is -2.29. The van der Waals surface area contributed by atoms with Gasteiger partial charge in [0.1, 0.15) is 0 Å². The van der Waals surface area contributed by atoms with Gasteiger partial charge in [0.15, 0.2) is 5.82 Å². The van der Waals surface area contributed by atoms with Crippen LogP contribution in [0.3, 0.4) is 0 Å². The molecular weight excluding hydrogens is 378 g/mol. The minimum absolute atomic E-state index is 0.0458. The van der Waals surface area contributed by atoms with E-state index in [0.29, 0.717) is 18.1 Å². The van der Waals surface area contributed by atoms with Crippen molar-refractivity contribution in [3.8, 4) is 11.6 Å². The van der Waals surface area contributed by atoms with Crippen molar-refractivity contribution in [2.24, 2.45) is 0 Å². The predicted molar refractivity (Wildman–Crippen MR) is 115 cm³/mol. The molecule has 4 aromatic rings. The van der Waals surface area contributed by atoms with Crippen molar-refractivity contribution in [1.82, 2.24) is 15.1 Å². The number of piperidine rings is 1. The molecule has 0 saturated carbocycles. The van der Waals surface area contributed by atoms with Crippen molar-refractivity contribution >= 4 is 28.3 Å². The van der Waals surface area contributed by atoms with Crippen LogP contribution in [0, 0.1) is 0 Å². The molecule has 30 heavy (non-hydrogen) atoms. The van der Waals surface area contributed by atoms with Crippen molar-refractivity contribution in [3.05, 3.63) is 59.8 Å². The highest BCUT2D eigenvalue weighted by atomic mass is 16.5. The highest BCUT2D eigenvalue weighted by Crippen LogP contribution is 2.33. The summed E-state index contributed by atoms with van der Waals surface area (Å²) in [4.78, 5) is 25.1. The summed E-state index contributed by atoms with van der Waals surface area (Å²) in [5.74, 6) is 1.26. The van der Waals surface area contributed by atoms with Crippen LogP contribution in [-0.2, 0) is 6.54 Å². The molecule has 6 rings (SSSR count). The van der Waals surface area contributed by atoms with Gasteiger partial charge in [-0.25, -0.2) is 4.98 Å². The third-order valence-corrected chi connectivity index (χ3v) is 6.06. The van der Waals surface area contributed by atoms with Gasteiger partial charge in [-0.3, -0.25) is 4.79 Å². The van der Waals surface area contributed by atoms with Gasteiger partial charge in [0.25, 0.3) is 5.91 Å². The fourth-order valence-corrected chi connectivity index (χ4v) is 4.48. The van der Waals surface area contributed by atoms with Crippen LogP contribution in [0.15, 0.2) is 53.2 Å². The number of anilines is 2. The number of amides is 1. The monoisotopic (exact) mass is 399 g/mol. The molecule has 0 spiro atoms. The van der Waals surface area contributed by atoms with E-state index in [2.05, 4.69) is 32.2 Å². The first-order chi connectivity index (χ1) is 14.8. The van der Waals surface area contributed by atoms with Crippen LogP contribution in [0.25, 0.3) is 22.6 Å². The van der Waals surface area contributed by atoms with Crippen LogP contribution in [0.5, 0.6) is 0 Å². The van der Waals surface area contributed by atoms with E-state index in [9.17, 15) is 4.79 Å². The van der Waals surface area contributed by atoms with Crippen LogP contribution in [0.4, 0.5) is 11.4 Å². The zero-order chi connectivity index (χ0) is 20.1. The molecule has 1 amide bonds. The Bertz CT molecular complexity index is 1240. The molecule has 2 aliphatic rings. The van der Waals surface area contributed by atoms with E-state index in [0.717, 1.165) is 40.9 Å². The van der Waals surface area contributed by atoms with E-state index in [1.54, 1.807) is 12.3 Å². The Balaban J connectivity index is 1.31. The molecule has 0 atom stereocenters. The summed E-state index contributed by atoms with van der Waals surface area (Å²) in [5, 5.41) is 3.73. The van der Waals surface area contributed by atoms with Crippen LogP contribution in [0.1, 0.15) is 35.2 Å². The zero-order valence-corrected chi connectivity index (χ0v) is 16.5. The summed E-state index contributed by atoms with van der Waals surface area (Å²) in [6.07, 6.45) is 5.37. The number of rotatable bonds is 3. The molecule has 150 valence electrons. The molecule has 0 bridgehead atoms. The second-order valence-corrected chi connectivity index (χ2v) is 7.94. The largest absolute Gasteiger partial charge is 0.372 e. The van der Waals surface area contributed by atoms with Crippen molar-refractivity contribution in [3.63, 3.8) is 0 Å². The lowest BCUT2D eigenvalue weighted by Crippen LogP contribution is -2.29. The van der Waals surface area contributed by atoms with E-state index < -0.39 is 0 Å². The average molecular weight is 399 g/mol. The predicted octanol–water partition coefficient (Wildman–Crippen LogP) is 4.37. The normalized spacial score (nSPS) is 16.5. The number of H-pyrrole nitrogens is 1. The minimum atomic E-state index is 0.0458. The summed E-state index contributed by atoms with van der Waals surface area (Å²) >= 11 is 0. The highest BCUT2D eigenvalue weighted by molar-refractivity contribution is 6.10. The first kappa shape index (κ1) is 17.3. The van der Waals surface area contributed by atoms with Crippen LogP contribution in [0.2, 0.25) is 0 Å². The number of nitrogens with one attached hydrogen (secondary N) is 1. The molecule has 0 radical (unpaired) electrons. The van der Waals surface area contributed by atoms with E-state index in [1.165, 1.54) is 24.9 Å². The third kappa shape index (κ3) is 2.77. The van der Waals surface area contributed by atoms with Gasteiger partial charge in [-0.2, -0.15) is 0 Å². The molecule has 2 aromatic heterocycles. The van der Waals surface area contributed by atoms with Crippen molar-refractivity contribution in [1.29, 1.82) is 0 Å². The van der Waals surface area contributed by atoms with Gasteiger partial charge in [0, 0.05) is 36.1 Å². The number of nitrogens with zero attached hydrogens (tertiary/aromatic N) is 4. The molecule has 7 nitrogen and oxygen atoms in total. The molecule has 0 unspecified atom stereocenters. The van der Waals surface area contributed by atoms with Crippen molar-refractivity contribution in [2.75, 3.05) is 22.9 Å². The van der Waals surface area contributed by atoms with Gasteiger partial charge < -0.3 is 19.3 Å². The van der Waals surface area contributed by atoms with Crippen LogP contribution < -0.4 is 9.80 Å². The number of carbonyl (C=O) groups excluding carboxylic acids is 1. The molecular formula is C23H21N5O2. The summed E-state index contributed by atoms with van der Waals surface area (Å²) < 4.78 is 5.19. The Morgan fingerprint density at radius 1 is 0.967 bits per heavy atom. The Hall–Kier alpha value is -3.61. The van der Waals surface area contributed by atoms with Gasteiger partial charge in [-0.15, -0.1) is 0 Å². The van der Waals surface area contributed by atoms with Gasteiger partial charge in [0.2, 0.25) is 5.76 Å². The van der Waals surface area contributed by atoms with Gasteiger partial charge >= 0.3 is 0 Å². The van der Waals surface area contributed by atoms with Crippen molar-refractivity contribution in [2.45, 2.75) is 25.8 Å². The third-order valence-electron chi connectivity index (χ3n) is 6.06. The van der Waals surface area contributed by atoms with E-state index in [4.69, 9.17) is 4.52 Å². The minimum Gasteiger partial charge on any atom is -0.372 e. The zero-order valence-electron chi connectivity index (χ0n) is 16.5. The second kappa shape index (κ2) is 6.73. The number of imidazole rings is 1. The molecule has 2 aliphatic heterocycles. The summed E-state index contributed by atoms with van der Waals surface area (Å²) in [5.41, 5.74) is 5.65. The maximum Gasteiger partial charge on any atom is 0.258 e. The maximum absolute atomic E-state index is 13.1. The van der Waals surface area contributed by atoms with Crippen molar-refractivity contribution < 1.29 is 9.32 Å². The lowest BCUT2D eigenvalue weighted by molar-refractivity contribution is 0.0996. The average Bonchev–Trinajstić information content (AvgIpc) is 3.52. The number of hydrogen-bond acceptors (Lipinski definition) is 5. The van der Waals surface area contributed by atoms with Crippen LogP contribution in [-0.4, -0.2) is 34.1 Å². The number of benzene rings is 2. The number of aromatic nitrogens is 3. The van der Waals surface area contributed by atoms with E-state index >= 15 is 0 Å². The Morgan fingerprint density at radius 2 is 1.83 bits per heavy atom. The second-order valence-electron chi connectivity index (χ2n) is 7.94. The number of carbonyl (C=O) groups is 1. The highest BCUT2D eigenvalue weighted by Gasteiger charge is 2.29. The Kier molecular flexibility index (Phi) is 3.87.